The molecule has 0 saturated carbocycles. The fraction of sp³-hybridized carbons (Fsp3) is 0.267. The fourth-order valence-corrected chi connectivity index (χ4v) is 1.79. The lowest BCUT2D eigenvalue weighted by atomic mass is 10.2. The van der Waals surface area contributed by atoms with Crippen molar-refractivity contribution in [1.29, 1.82) is 0 Å². The Bertz CT molecular complexity index is 707. The predicted octanol–water partition coefficient (Wildman–Crippen LogP) is 0.774. The molecule has 0 atom stereocenters. The zero-order chi connectivity index (χ0) is 16.1. The normalized spacial score (nSPS) is 10.1. The van der Waals surface area contributed by atoms with Gasteiger partial charge in [-0.15, -0.1) is 0 Å². The Balaban J connectivity index is 2.07. The number of nitrogens with zero attached hydrogens (tertiary/aromatic N) is 2. The first-order valence-corrected chi connectivity index (χ1v) is 6.69. The van der Waals surface area contributed by atoms with Crippen molar-refractivity contribution in [3.63, 3.8) is 0 Å². The van der Waals surface area contributed by atoms with Crippen molar-refractivity contribution in [2.45, 2.75) is 6.54 Å². The van der Waals surface area contributed by atoms with Gasteiger partial charge >= 0.3 is 0 Å². The van der Waals surface area contributed by atoms with Gasteiger partial charge < -0.3 is 15.0 Å². The van der Waals surface area contributed by atoms with Crippen LogP contribution in [0.5, 0.6) is 5.75 Å². The lowest BCUT2D eigenvalue weighted by molar-refractivity contribution is 0.0945. The number of anilines is 1. The van der Waals surface area contributed by atoms with E-state index in [1.165, 1.54) is 6.07 Å². The summed E-state index contributed by atoms with van der Waals surface area (Å²) in [5.74, 6) is 0.689. The number of H-pyrrole nitrogens is 1. The van der Waals surface area contributed by atoms with Crippen molar-refractivity contribution in [3.8, 4) is 5.75 Å². The zero-order valence-corrected chi connectivity index (χ0v) is 12.7. The van der Waals surface area contributed by atoms with Crippen LogP contribution in [0.4, 0.5) is 5.95 Å². The van der Waals surface area contributed by atoms with Gasteiger partial charge in [0.2, 0.25) is 5.95 Å². The molecule has 1 aromatic carbocycles. The van der Waals surface area contributed by atoms with Gasteiger partial charge in [0.15, 0.2) is 0 Å². The smallest absolute Gasteiger partial charge is 0.270 e. The highest BCUT2D eigenvalue weighted by Gasteiger charge is 2.11. The molecule has 116 valence electrons. The highest BCUT2D eigenvalue weighted by Crippen LogP contribution is 2.11. The maximum atomic E-state index is 12.1. The van der Waals surface area contributed by atoms with Gasteiger partial charge in [0.05, 0.1) is 7.11 Å². The molecule has 0 saturated heterocycles. The second-order valence-electron chi connectivity index (χ2n) is 4.88. The molecule has 2 N–H and O–H groups in total. The molecule has 1 amide bonds. The van der Waals surface area contributed by atoms with E-state index in [9.17, 15) is 9.59 Å². The number of aromatic nitrogens is 2. The standard InChI is InChI=1S/C15H18N4O3/c1-19(2)15-17-12(8-13(20)18-15)14(21)16-9-10-4-6-11(22-3)7-5-10/h4-8H,9H2,1-3H3,(H,16,21)(H,17,18,20). The second-order valence-corrected chi connectivity index (χ2v) is 4.88. The molecule has 0 radical (unpaired) electrons. The van der Waals surface area contributed by atoms with Crippen LogP contribution in [0.2, 0.25) is 0 Å². The van der Waals surface area contributed by atoms with Crippen molar-refractivity contribution in [2.75, 3.05) is 26.1 Å². The predicted molar refractivity (Wildman–Crippen MR) is 83.3 cm³/mol. The molecular weight excluding hydrogens is 284 g/mol. The third kappa shape index (κ3) is 3.85. The molecule has 7 nitrogen and oxygen atoms in total. The molecule has 7 heteroatoms. The van der Waals surface area contributed by atoms with E-state index < -0.39 is 5.91 Å². The molecule has 22 heavy (non-hydrogen) atoms. The lowest BCUT2D eigenvalue weighted by Crippen LogP contribution is -2.27. The third-order valence-corrected chi connectivity index (χ3v) is 3.00. The van der Waals surface area contributed by atoms with Gasteiger partial charge in [-0.25, -0.2) is 4.98 Å². The summed E-state index contributed by atoms with van der Waals surface area (Å²) >= 11 is 0. The third-order valence-electron chi connectivity index (χ3n) is 3.00. The first-order valence-electron chi connectivity index (χ1n) is 6.69. The van der Waals surface area contributed by atoms with Crippen molar-refractivity contribution >= 4 is 11.9 Å². The Morgan fingerprint density at radius 3 is 2.59 bits per heavy atom. The maximum Gasteiger partial charge on any atom is 0.270 e. The van der Waals surface area contributed by atoms with Gasteiger partial charge in [-0.2, -0.15) is 0 Å². The molecule has 2 rings (SSSR count). The zero-order valence-electron chi connectivity index (χ0n) is 12.7. The molecule has 0 bridgehead atoms. The van der Waals surface area contributed by atoms with Crippen LogP contribution >= 0.6 is 0 Å². The van der Waals surface area contributed by atoms with Gasteiger partial charge in [-0.05, 0) is 17.7 Å². The van der Waals surface area contributed by atoms with E-state index >= 15 is 0 Å². The molecule has 0 aliphatic heterocycles. The summed E-state index contributed by atoms with van der Waals surface area (Å²) in [7, 11) is 5.06. The molecule has 0 fully saturated rings. The van der Waals surface area contributed by atoms with E-state index in [-0.39, 0.29) is 11.3 Å². The summed E-state index contributed by atoms with van der Waals surface area (Å²) in [5, 5.41) is 2.73. The lowest BCUT2D eigenvalue weighted by Gasteiger charge is -2.11. The van der Waals surface area contributed by atoms with Crippen LogP contribution in [-0.2, 0) is 6.54 Å². The van der Waals surface area contributed by atoms with Crippen molar-refractivity contribution in [2.24, 2.45) is 0 Å². The average Bonchev–Trinajstić information content (AvgIpc) is 2.52. The van der Waals surface area contributed by atoms with Crippen LogP contribution in [0, 0.1) is 0 Å². The topological polar surface area (TPSA) is 87.3 Å². The van der Waals surface area contributed by atoms with E-state index in [4.69, 9.17) is 4.74 Å². The molecule has 0 unspecified atom stereocenters. The number of carbonyl (C=O) groups is 1. The average molecular weight is 302 g/mol. The van der Waals surface area contributed by atoms with Crippen LogP contribution < -0.4 is 20.5 Å². The first-order chi connectivity index (χ1) is 10.5. The number of aromatic amines is 1. The molecule has 2 aromatic rings. The highest BCUT2D eigenvalue weighted by molar-refractivity contribution is 5.92. The van der Waals surface area contributed by atoms with Crippen LogP contribution in [-0.4, -0.2) is 37.1 Å². The Labute approximate surface area is 127 Å². The van der Waals surface area contributed by atoms with Crippen LogP contribution in [0.1, 0.15) is 16.1 Å². The number of ether oxygens (including phenoxy) is 1. The number of nitrogens with one attached hydrogen (secondary N) is 2. The minimum Gasteiger partial charge on any atom is -0.497 e. The van der Waals surface area contributed by atoms with Crippen LogP contribution in [0.25, 0.3) is 0 Å². The monoisotopic (exact) mass is 302 g/mol. The number of benzene rings is 1. The number of hydrogen-bond donors (Lipinski definition) is 2. The molecule has 0 aliphatic carbocycles. The van der Waals surface area contributed by atoms with E-state index in [0.717, 1.165) is 11.3 Å². The van der Waals surface area contributed by atoms with Gasteiger partial charge in [-0.1, -0.05) is 12.1 Å². The number of amides is 1. The number of rotatable bonds is 5. The molecular formula is C15H18N4O3. The van der Waals surface area contributed by atoms with Gasteiger partial charge in [0.25, 0.3) is 11.5 Å². The summed E-state index contributed by atoms with van der Waals surface area (Å²) in [4.78, 5) is 31.9. The Morgan fingerprint density at radius 2 is 2.00 bits per heavy atom. The Morgan fingerprint density at radius 1 is 1.32 bits per heavy atom. The molecule has 0 spiro atoms. The summed E-state index contributed by atoms with van der Waals surface area (Å²) < 4.78 is 5.07. The fourth-order valence-electron chi connectivity index (χ4n) is 1.79. The molecule has 1 aromatic heterocycles. The maximum absolute atomic E-state index is 12.1. The number of hydrogen-bond acceptors (Lipinski definition) is 5. The van der Waals surface area contributed by atoms with Gasteiger partial charge in [0.1, 0.15) is 11.4 Å². The minimum absolute atomic E-state index is 0.0842. The summed E-state index contributed by atoms with van der Waals surface area (Å²) in [6.07, 6.45) is 0. The summed E-state index contributed by atoms with van der Waals surface area (Å²) in [6, 6.07) is 8.52. The quantitative estimate of drug-likeness (QED) is 0.852. The largest absolute Gasteiger partial charge is 0.497 e. The molecule has 1 heterocycles. The number of methoxy groups -OCH3 is 1. The first kappa shape index (κ1) is 15.6. The van der Waals surface area contributed by atoms with Gasteiger partial charge in [-0.3, -0.25) is 14.6 Å². The van der Waals surface area contributed by atoms with E-state index in [1.807, 2.05) is 24.3 Å². The SMILES string of the molecule is COc1ccc(CNC(=O)c2cc(=O)[nH]c(N(C)C)n2)cc1. The summed E-state index contributed by atoms with van der Waals surface area (Å²) in [6.45, 7) is 0.342. The van der Waals surface area contributed by atoms with Crippen molar-refractivity contribution in [1.82, 2.24) is 15.3 Å². The minimum atomic E-state index is -0.398. The van der Waals surface area contributed by atoms with Gasteiger partial charge in [0, 0.05) is 26.7 Å². The number of carbonyl (C=O) groups excluding carboxylic acids is 1. The van der Waals surface area contributed by atoms with Crippen LogP contribution in [0.3, 0.4) is 0 Å². The van der Waals surface area contributed by atoms with E-state index in [1.54, 1.807) is 26.1 Å². The Hall–Kier alpha value is -2.83. The highest BCUT2D eigenvalue weighted by atomic mass is 16.5. The van der Waals surface area contributed by atoms with Crippen LogP contribution in [0.15, 0.2) is 35.1 Å². The second kappa shape index (κ2) is 6.75. The van der Waals surface area contributed by atoms with E-state index in [0.29, 0.717) is 12.5 Å². The molecule has 0 aliphatic rings. The summed E-state index contributed by atoms with van der Waals surface area (Å²) in [5.41, 5.74) is 0.640. The van der Waals surface area contributed by atoms with Crippen molar-refractivity contribution in [3.05, 3.63) is 51.9 Å². The Kier molecular flexibility index (Phi) is 4.77. The van der Waals surface area contributed by atoms with E-state index in [2.05, 4.69) is 15.3 Å². The van der Waals surface area contributed by atoms with Crippen molar-refractivity contribution < 1.29 is 9.53 Å².